The van der Waals surface area contributed by atoms with E-state index in [2.05, 4.69) is 5.10 Å². The molecule has 17 heavy (non-hydrogen) atoms. The second-order valence-electron chi connectivity index (χ2n) is 4.53. The molecule has 0 aromatic carbocycles. The van der Waals surface area contributed by atoms with Crippen molar-refractivity contribution in [1.82, 2.24) is 14.7 Å². The van der Waals surface area contributed by atoms with Gasteiger partial charge in [0.25, 0.3) is 0 Å². The largest absolute Gasteiger partial charge is 0.396 e. The van der Waals surface area contributed by atoms with Crippen LogP contribution in [-0.2, 0) is 11.3 Å². The molecule has 0 aliphatic carbocycles. The van der Waals surface area contributed by atoms with Crippen LogP contribution in [0.2, 0.25) is 0 Å². The lowest BCUT2D eigenvalue weighted by atomic mass is 10.1. The summed E-state index contributed by atoms with van der Waals surface area (Å²) in [5.74, 6) is 0.676. The predicted octanol–water partition coefficient (Wildman–Crippen LogP) is 0.504. The number of amides is 1. The van der Waals surface area contributed by atoms with E-state index in [0.29, 0.717) is 18.9 Å². The summed E-state index contributed by atoms with van der Waals surface area (Å²) in [5, 5.41) is 12.9. The SMILES string of the molecule is O=C(CCn1cccn1)N1CCC(CCO)C1. The fourth-order valence-electron chi connectivity index (χ4n) is 2.28. The molecular formula is C12H19N3O2. The van der Waals surface area contributed by atoms with Crippen LogP contribution in [0.25, 0.3) is 0 Å². The third-order valence-electron chi connectivity index (χ3n) is 3.29. The number of aliphatic hydroxyl groups is 1. The highest BCUT2D eigenvalue weighted by molar-refractivity contribution is 5.76. The highest BCUT2D eigenvalue weighted by Crippen LogP contribution is 2.19. The van der Waals surface area contributed by atoms with Crippen LogP contribution < -0.4 is 0 Å². The van der Waals surface area contributed by atoms with Crippen molar-refractivity contribution in [3.63, 3.8) is 0 Å². The highest BCUT2D eigenvalue weighted by atomic mass is 16.3. The molecule has 2 heterocycles. The molecule has 1 aliphatic heterocycles. The molecule has 94 valence electrons. The van der Waals surface area contributed by atoms with Crippen LogP contribution in [0.15, 0.2) is 18.5 Å². The average Bonchev–Trinajstić information content (AvgIpc) is 2.97. The van der Waals surface area contributed by atoms with Crippen LogP contribution in [-0.4, -0.2) is 45.4 Å². The van der Waals surface area contributed by atoms with Crippen LogP contribution in [0.5, 0.6) is 0 Å². The predicted molar refractivity (Wildman–Crippen MR) is 63.2 cm³/mol. The number of aliphatic hydroxyl groups excluding tert-OH is 1. The van der Waals surface area contributed by atoms with Gasteiger partial charge in [-0.3, -0.25) is 9.48 Å². The maximum absolute atomic E-state index is 11.9. The van der Waals surface area contributed by atoms with Gasteiger partial charge in [0.15, 0.2) is 0 Å². The molecule has 0 spiro atoms. The smallest absolute Gasteiger partial charge is 0.224 e. The van der Waals surface area contributed by atoms with Crippen LogP contribution >= 0.6 is 0 Å². The van der Waals surface area contributed by atoms with Gasteiger partial charge in [-0.05, 0) is 24.8 Å². The average molecular weight is 237 g/mol. The van der Waals surface area contributed by atoms with Gasteiger partial charge in [-0.2, -0.15) is 5.10 Å². The molecule has 1 fully saturated rings. The molecule has 1 aromatic rings. The zero-order chi connectivity index (χ0) is 12.1. The zero-order valence-corrected chi connectivity index (χ0v) is 9.96. The number of carbonyl (C=O) groups excluding carboxylic acids is 1. The Morgan fingerprint density at radius 3 is 3.12 bits per heavy atom. The lowest BCUT2D eigenvalue weighted by Gasteiger charge is -2.16. The maximum Gasteiger partial charge on any atom is 0.224 e. The number of nitrogens with zero attached hydrogens (tertiary/aromatic N) is 3. The molecule has 1 aromatic heterocycles. The number of aryl methyl sites for hydroxylation is 1. The highest BCUT2D eigenvalue weighted by Gasteiger charge is 2.25. The summed E-state index contributed by atoms with van der Waals surface area (Å²) in [6.45, 7) is 2.51. The van der Waals surface area contributed by atoms with E-state index in [1.54, 1.807) is 10.9 Å². The summed E-state index contributed by atoms with van der Waals surface area (Å²) >= 11 is 0. The molecule has 2 rings (SSSR count). The van der Waals surface area contributed by atoms with E-state index in [0.717, 1.165) is 25.9 Å². The minimum absolute atomic E-state index is 0.195. The summed E-state index contributed by atoms with van der Waals surface area (Å²) in [7, 11) is 0. The first kappa shape index (κ1) is 12.1. The summed E-state index contributed by atoms with van der Waals surface area (Å²) in [5.41, 5.74) is 0. The molecule has 1 saturated heterocycles. The standard InChI is InChI=1S/C12H19N3O2/c16-9-4-11-2-7-14(10-11)12(17)3-8-15-6-1-5-13-15/h1,5-6,11,16H,2-4,7-10H2. The number of aromatic nitrogens is 2. The molecule has 0 saturated carbocycles. The Morgan fingerprint density at radius 1 is 1.53 bits per heavy atom. The fraction of sp³-hybridized carbons (Fsp3) is 0.667. The molecule has 5 heteroatoms. The molecule has 1 amide bonds. The second-order valence-corrected chi connectivity index (χ2v) is 4.53. The zero-order valence-electron chi connectivity index (χ0n) is 9.96. The third kappa shape index (κ3) is 3.30. The van der Waals surface area contributed by atoms with E-state index >= 15 is 0 Å². The van der Waals surface area contributed by atoms with Gasteiger partial charge in [0.1, 0.15) is 0 Å². The van der Waals surface area contributed by atoms with E-state index in [-0.39, 0.29) is 12.5 Å². The van der Waals surface area contributed by atoms with Crippen molar-refractivity contribution in [1.29, 1.82) is 0 Å². The summed E-state index contributed by atoms with van der Waals surface area (Å²) in [4.78, 5) is 13.8. The molecule has 0 radical (unpaired) electrons. The van der Waals surface area contributed by atoms with Crippen molar-refractivity contribution in [2.75, 3.05) is 19.7 Å². The topological polar surface area (TPSA) is 58.4 Å². The number of rotatable bonds is 5. The number of hydrogen-bond donors (Lipinski definition) is 1. The van der Waals surface area contributed by atoms with Gasteiger partial charge >= 0.3 is 0 Å². The summed E-state index contributed by atoms with van der Waals surface area (Å²) < 4.78 is 1.78. The maximum atomic E-state index is 11.9. The monoisotopic (exact) mass is 237 g/mol. The van der Waals surface area contributed by atoms with E-state index in [1.807, 2.05) is 17.2 Å². The van der Waals surface area contributed by atoms with Crippen molar-refractivity contribution in [2.45, 2.75) is 25.8 Å². The third-order valence-corrected chi connectivity index (χ3v) is 3.29. The van der Waals surface area contributed by atoms with E-state index in [9.17, 15) is 4.79 Å². The van der Waals surface area contributed by atoms with Crippen molar-refractivity contribution >= 4 is 5.91 Å². The van der Waals surface area contributed by atoms with Crippen molar-refractivity contribution in [2.24, 2.45) is 5.92 Å². The minimum atomic E-state index is 0.195. The summed E-state index contributed by atoms with van der Waals surface area (Å²) in [6.07, 6.45) is 5.92. The Kier molecular flexibility index (Phi) is 4.14. The first-order valence-corrected chi connectivity index (χ1v) is 6.15. The Balaban J connectivity index is 1.73. The number of likely N-dealkylation sites (tertiary alicyclic amines) is 1. The van der Waals surface area contributed by atoms with Gasteiger partial charge in [0, 0.05) is 45.1 Å². The lowest BCUT2D eigenvalue weighted by Crippen LogP contribution is -2.29. The van der Waals surface area contributed by atoms with Crippen molar-refractivity contribution in [3.8, 4) is 0 Å². The second kappa shape index (κ2) is 5.82. The molecule has 1 atom stereocenters. The minimum Gasteiger partial charge on any atom is -0.396 e. The quantitative estimate of drug-likeness (QED) is 0.811. The summed E-state index contributed by atoms with van der Waals surface area (Å²) in [6, 6.07) is 1.86. The molecule has 1 N–H and O–H groups in total. The van der Waals surface area contributed by atoms with Gasteiger partial charge in [-0.25, -0.2) is 0 Å². The number of carbonyl (C=O) groups is 1. The Hall–Kier alpha value is -1.36. The van der Waals surface area contributed by atoms with Crippen molar-refractivity contribution in [3.05, 3.63) is 18.5 Å². The van der Waals surface area contributed by atoms with Gasteiger partial charge in [-0.1, -0.05) is 0 Å². The molecular weight excluding hydrogens is 218 g/mol. The van der Waals surface area contributed by atoms with Gasteiger partial charge in [0.2, 0.25) is 5.91 Å². The van der Waals surface area contributed by atoms with Gasteiger partial charge in [-0.15, -0.1) is 0 Å². The normalized spacial score (nSPS) is 19.8. The van der Waals surface area contributed by atoms with Crippen LogP contribution in [0, 0.1) is 5.92 Å². The fourth-order valence-corrected chi connectivity index (χ4v) is 2.28. The first-order chi connectivity index (χ1) is 8.29. The molecule has 1 aliphatic rings. The Morgan fingerprint density at radius 2 is 2.41 bits per heavy atom. The molecule has 5 nitrogen and oxygen atoms in total. The lowest BCUT2D eigenvalue weighted by molar-refractivity contribution is -0.130. The van der Waals surface area contributed by atoms with Gasteiger partial charge in [0.05, 0.1) is 0 Å². The van der Waals surface area contributed by atoms with Crippen LogP contribution in [0.1, 0.15) is 19.3 Å². The molecule has 1 unspecified atom stereocenters. The Labute approximate surface area is 101 Å². The van der Waals surface area contributed by atoms with Crippen LogP contribution in [0.4, 0.5) is 0 Å². The van der Waals surface area contributed by atoms with E-state index in [1.165, 1.54) is 0 Å². The van der Waals surface area contributed by atoms with Crippen molar-refractivity contribution < 1.29 is 9.90 Å². The molecule has 0 bridgehead atoms. The van der Waals surface area contributed by atoms with E-state index in [4.69, 9.17) is 5.11 Å². The van der Waals surface area contributed by atoms with E-state index < -0.39 is 0 Å². The van der Waals surface area contributed by atoms with Crippen LogP contribution in [0.3, 0.4) is 0 Å². The van der Waals surface area contributed by atoms with Gasteiger partial charge < -0.3 is 10.0 Å². The Bertz CT molecular complexity index is 351. The first-order valence-electron chi connectivity index (χ1n) is 6.15. The number of hydrogen-bond acceptors (Lipinski definition) is 3.